The molecule has 0 aliphatic heterocycles. The Hall–Kier alpha value is -2.19. The number of aromatic nitrogens is 3. The molecule has 7 nitrogen and oxygen atoms in total. The van der Waals surface area contributed by atoms with Gasteiger partial charge in [-0.1, -0.05) is 44.0 Å². The maximum Gasteiger partial charge on any atom is 0.288 e. The van der Waals surface area contributed by atoms with Crippen molar-refractivity contribution in [1.82, 2.24) is 20.1 Å². The second kappa shape index (κ2) is 8.63. The lowest BCUT2D eigenvalue weighted by Crippen LogP contribution is -2.58. The van der Waals surface area contributed by atoms with Gasteiger partial charge in [-0.25, -0.2) is 9.67 Å². The number of anilines is 1. The van der Waals surface area contributed by atoms with Gasteiger partial charge in [-0.2, -0.15) is 9.49 Å². The number of nitrogens with one attached hydrogen (secondary N) is 2. The van der Waals surface area contributed by atoms with Gasteiger partial charge in [0.05, 0.1) is 11.9 Å². The number of nitrogens with zero attached hydrogens (tertiary/aromatic N) is 3. The van der Waals surface area contributed by atoms with Crippen LogP contribution in [0.3, 0.4) is 0 Å². The third-order valence-corrected chi connectivity index (χ3v) is 8.14. The Morgan fingerprint density at radius 2 is 2.06 bits per heavy atom. The van der Waals surface area contributed by atoms with Crippen molar-refractivity contribution < 1.29 is 9.18 Å². The molecule has 0 spiro atoms. The zero-order chi connectivity index (χ0) is 23.2. The van der Waals surface area contributed by atoms with Crippen molar-refractivity contribution in [3.8, 4) is 0 Å². The lowest BCUT2D eigenvalue weighted by atomic mass is 9.45. The van der Waals surface area contributed by atoms with Crippen LogP contribution < -0.4 is 16.2 Å². The summed E-state index contributed by atoms with van der Waals surface area (Å²) in [5, 5.41) is 9.98. The fourth-order valence-electron chi connectivity index (χ4n) is 5.20. The zero-order valence-corrected chi connectivity index (χ0v) is 19.7. The molecule has 4 atom stereocenters. The Bertz CT molecular complexity index is 1110. The number of carbonyl (C=O) groups excluding carboxylic acids is 1. The van der Waals surface area contributed by atoms with Crippen LogP contribution in [-0.4, -0.2) is 26.7 Å². The highest BCUT2D eigenvalue weighted by molar-refractivity contribution is 6.33. The second-order valence-corrected chi connectivity index (χ2v) is 10.1. The molecule has 2 N–H and O–H groups in total. The van der Waals surface area contributed by atoms with Crippen LogP contribution in [0.15, 0.2) is 23.3 Å². The molecule has 0 aromatic carbocycles. The highest BCUT2D eigenvalue weighted by Crippen LogP contribution is 2.61. The van der Waals surface area contributed by atoms with E-state index in [2.05, 4.69) is 41.5 Å². The summed E-state index contributed by atoms with van der Waals surface area (Å²) in [6, 6.07) is 1.74. The van der Waals surface area contributed by atoms with Crippen molar-refractivity contribution in [3.05, 3.63) is 50.4 Å². The zero-order valence-electron chi connectivity index (χ0n) is 18.2. The van der Waals surface area contributed by atoms with Gasteiger partial charge < -0.3 is 10.6 Å². The molecule has 0 radical (unpaired) electrons. The van der Waals surface area contributed by atoms with Gasteiger partial charge in [0.15, 0.2) is 0 Å². The maximum atomic E-state index is 13.4. The normalized spacial score (nSPS) is 25.7. The molecule has 5 rings (SSSR count). The molecule has 3 aliphatic carbocycles. The first-order chi connectivity index (χ1) is 15.1. The van der Waals surface area contributed by atoms with E-state index < -0.39 is 17.4 Å². The van der Waals surface area contributed by atoms with Crippen LogP contribution in [0.2, 0.25) is 10.0 Å². The Morgan fingerprint density at radius 3 is 2.75 bits per heavy atom. The van der Waals surface area contributed by atoms with Crippen LogP contribution in [0.25, 0.3) is 0 Å². The molecule has 3 aliphatic rings. The van der Waals surface area contributed by atoms with Crippen molar-refractivity contribution in [2.75, 3.05) is 5.32 Å². The Morgan fingerprint density at radius 1 is 1.31 bits per heavy atom. The predicted octanol–water partition coefficient (Wildman–Crippen LogP) is 3.88. The number of fused-ring (bicyclic) bond motifs is 2. The molecular formula is C22H26Cl2FN5O2. The molecule has 2 bridgehead atoms. The van der Waals surface area contributed by atoms with E-state index in [1.807, 2.05) is 0 Å². The Kier molecular flexibility index (Phi) is 6.20. The summed E-state index contributed by atoms with van der Waals surface area (Å²) >= 11 is 12.2. The van der Waals surface area contributed by atoms with Crippen molar-refractivity contribution in [3.63, 3.8) is 0 Å². The standard InChI is InChI=1S/C22H26Cl2FN5O2/c1-11-14-6-13(22(14,2)3)7-15(11)29-16-9-28-30(21(32)19(16)24)10-17(31)27-8-12-4-5-26-20(25)18(12)23/h4-5,9,11,13-15,29H,6-8,10H2,1-3H3,(H,27,31)/t11-,13+,14-,15-/m1/s1. The fourth-order valence-corrected chi connectivity index (χ4v) is 5.58. The molecule has 3 fully saturated rings. The Labute approximate surface area is 195 Å². The fraction of sp³-hybridized carbons (Fsp3) is 0.545. The number of pyridine rings is 1. The Balaban J connectivity index is 1.39. The van der Waals surface area contributed by atoms with E-state index in [0.29, 0.717) is 34.4 Å². The number of halogens is 3. The van der Waals surface area contributed by atoms with E-state index in [-0.39, 0.29) is 29.2 Å². The van der Waals surface area contributed by atoms with E-state index in [1.165, 1.54) is 24.9 Å². The number of hydrogen-bond donors (Lipinski definition) is 2. The van der Waals surface area contributed by atoms with Crippen LogP contribution in [0.4, 0.5) is 10.1 Å². The third-order valence-electron chi connectivity index (χ3n) is 7.38. The SMILES string of the molecule is C[C@@H]1[C@H]2C[C@@H](C[C@H]1Nc1cnn(CC(=O)NCc3ccnc(F)c3Cl)c(=O)c1Cl)C2(C)C. The molecule has 2 aromatic rings. The van der Waals surface area contributed by atoms with Crippen LogP contribution in [0, 0.1) is 29.1 Å². The minimum Gasteiger partial charge on any atom is -0.379 e. The molecule has 172 valence electrons. The summed E-state index contributed by atoms with van der Waals surface area (Å²) in [6.45, 7) is 6.59. The van der Waals surface area contributed by atoms with E-state index in [4.69, 9.17) is 23.2 Å². The van der Waals surface area contributed by atoms with E-state index >= 15 is 0 Å². The average molecular weight is 482 g/mol. The molecular weight excluding hydrogens is 456 g/mol. The lowest BCUT2D eigenvalue weighted by molar-refractivity contribution is -0.122. The molecule has 32 heavy (non-hydrogen) atoms. The van der Waals surface area contributed by atoms with Gasteiger partial charge in [-0.05, 0) is 47.6 Å². The van der Waals surface area contributed by atoms with Gasteiger partial charge in [0.1, 0.15) is 16.6 Å². The van der Waals surface area contributed by atoms with Crippen molar-refractivity contribution in [2.45, 2.75) is 52.7 Å². The summed E-state index contributed by atoms with van der Waals surface area (Å²) in [4.78, 5) is 28.4. The van der Waals surface area contributed by atoms with E-state index in [1.54, 1.807) is 0 Å². The van der Waals surface area contributed by atoms with Gasteiger partial charge >= 0.3 is 0 Å². The summed E-state index contributed by atoms with van der Waals surface area (Å²) < 4.78 is 14.4. The number of carbonyl (C=O) groups is 1. The minimum atomic E-state index is -0.806. The first-order valence-electron chi connectivity index (χ1n) is 10.7. The molecule has 0 unspecified atom stereocenters. The highest BCUT2D eigenvalue weighted by atomic mass is 35.5. The number of amides is 1. The lowest BCUT2D eigenvalue weighted by Gasteiger charge is -2.62. The number of rotatable bonds is 6. The summed E-state index contributed by atoms with van der Waals surface area (Å²) in [5.41, 5.74) is 0.688. The van der Waals surface area contributed by atoms with Crippen LogP contribution in [0.1, 0.15) is 39.2 Å². The number of hydrogen-bond acceptors (Lipinski definition) is 5. The molecule has 2 heterocycles. The quantitative estimate of drug-likeness (QED) is 0.611. The smallest absolute Gasteiger partial charge is 0.288 e. The molecule has 1 amide bonds. The highest BCUT2D eigenvalue weighted by Gasteiger charge is 2.56. The van der Waals surface area contributed by atoms with Gasteiger partial charge in [0.25, 0.3) is 5.56 Å². The van der Waals surface area contributed by atoms with Crippen molar-refractivity contribution in [1.29, 1.82) is 0 Å². The van der Waals surface area contributed by atoms with Gasteiger partial charge in [0.2, 0.25) is 11.9 Å². The average Bonchev–Trinajstić information content (AvgIpc) is 2.75. The summed E-state index contributed by atoms with van der Waals surface area (Å²) in [5.74, 6) is 0.493. The third kappa shape index (κ3) is 4.10. The second-order valence-electron chi connectivity index (χ2n) is 9.39. The monoisotopic (exact) mass is 481 g/mol. The molecule has 10 heteroatoms. The van der Waals surface area contributed by atoms with E-state index in [9.17, 15) is 14.0 Å². The summed E-state index contributed by atoms with van der Waals surface area (Å²) in [7, 11) is 0. The van der Waals surface area contributed by atoms with Crippen molar-refractivity contribution >= 4 is 34.8 Å². The van der Waals surface area contributed by atoms with Crippen LogP contribution in [0.5, 0.6) is 0 Å². The van der Waals surface area contributed by atoms with Crippen LogP contribution in [-0.2, 0) is 17.9 Å². The van der Waals surface area contributed by atoms with E-state index in [0.717, 1.165) is 11.1 Å². The topological polar surface area (TPSA) is 88.9 Å². The van der Waals surface area contributed by atoms with Gasteiger partial charge in [-0.15, -0.1) is 0 Å². The van der Waals surface area contributed by atoms with Gasteiger partial charge in [0, 0.05) is 18.8 Å². The summed E-state index contributed by atoms with van der Waals surface area (Å²) in [6.07, 6.45) is 5.04. The van der Waals surface area contributed by atoms with Crippen LogP contribution >= 0.6 is 23.2 Å². The predicted molar refractivity (Wildman–Crippen MR) is 121 cm³/mol. The minimum absolute atomic E-state index is 0.00250. The largest absolute Gasteiger partial charge is 0.379 e. The first-order valence-corrected chi connectivity index (χ1v) is 11.4. The molecule has 0 saturated heterocycles. The molecule has 2 aromatic heterocycles. The molecule has 3 saturated carbocycles. The maximum absolute atomic E-state index is 13.4. The first kappa shape index (κ1) is 23.0. The van der Waals surface area contributed by atoms with Crippen molar-refractivity contribution in [2.24, 2.45) is 23.2 Å². The van der Waals surface area contributed by atoms with Gasteiger partial charge in [-0.3, -0.25) is 9.59 Å².